The van der Waals surface area contributed by atoms with E-state index in [4.69, 9.17) is 0 Å². The number of hydrogen-bond donors (Lipinski definition) is 0. The van der Waals surface area contributed by atoms with E-state index in [2.05, 4.69) is 53.8 Å². The third-order valence-electron chi connectivity index (χ3n) is 2.23. The second kappa shape index (κ2) is 7.39. The highest BCUT2D eigenvalue weighted by atomic mass is 127. The molecule has 0 spiro atoms. The molecule has 15 heavy (non-hydrogen) atoms. The molecule has 0 radical (unpaired) electrons. The maximum Gasteiger partial charge on any atom is 0.0485 e. The predicted molar refractivity (Wildman–Crippen MR) is 75.8 cm³/mol. The van der Waals surface area contributed by atoms with Crippen molar-refractivity contribution in [3.05, 3.63) is 35.4 Å². The smallest absolute Gasteiger partial charge is 0.0485 e. The summed E-state index contributed by atoms with van der Waals surface area (Å²) < 4.78 is 12.7. The highest BCUT2D eigenvalue weighted by molar-refractivity contribution is 14.1. The Morgan fingerprint density at radius 2 is 1.80 bits per heavy atom. The van der Waals surface area contributed by atoms with Gasteiger partial charge in [-0.25, -0.2) is 0 Å². The Kier molecular flexibility index (Phi) is 6.48. The summed E-state index contributed by atoms with van der Waals surface area (Å²) in [6.07, 6.45) is 2.19. The Morgan fingerprint density at radius 3 is 2.33 bits per heavy atom. The van der Waals surface area contributed by atoms with Gasteiger partial charge >= 0.3 is 0 Å². The second-order valence-corrected chi connectivity index (χ2v) is 5.93. The molecule has 1 unspecified atom stereocenters. The molecule has 0 amide bonds. The van der Waals surface area contributed by atoms with Crippen LogP contribution in [-0.2, 0) is 21.0 Å². The van der Waals surface area contributed by atoms with E-state index in [-0.39, 0.29) is 0 Å². The predicted octanol–water partition coefficient (Wildman–Crippen LogP) is 3.67. The standard InChI is InChI=1S/C12H17IOS/c1-2-3-8-15(14)10-12-6-4-11(9-13)5-7-12/h4-7H,2-3,8-10H2,1H3. The average Bonchev–Trinajstić information content (AvgIpc) is 2.27. The van der Waals surface area contributed by atoms with Gasteiger partial charge in [-0.15, -0.1) is 0 Å². The van der Waals surface area contributed by atoms with Gasteiger partial charge in [-0.3, -0.25) is 4.21 Å². The van der Waals surface area contributed by atoms with Crippen LogP contribution in [0.1, 0.15) is 30.9 Å². The summed E-state index contributed by atoms with van der Waals surface area (Å²) in [6, 6.07) is 8.44. The highest BCUT2D eigenvalue weighted by Gasteiger charge is 2.01. The van der Waals surface area contributed by atoms with Crippen LogP contribution in [0, 0.1) is 0 Å². The van der Waals surface area contributed by atoms with Gasteiger partial charge in [-0.1, -0.05) is 60.2 Å². The summed E-state index contributed by atoms with van der Waals surface area (Å²) in [7, 11) is -0.681. The summed E-state index contributed by atoms with van der Waals surface area (Å²) in [4.78, 5) is 0. The van der Waals surface area contributed by atoms with E-state index in [1.165, 1.54) is 11.1 Å². The summed E-state index contributed by atoms with van der Waals surface area (Å²) in [6.45, 7) is 2.13. The first-order valence-corrected chi connectivity index (χ1v) is 8.26. The molecule has 0 N–H and O–H groups in total. The van der Waals surface area contributed by atoms with Gasteiger partial charge in [0, 0.05) is 26.7 Å². The number of rotatable bonds is 6. The molecule has 84 valence electrons. The van der Waals surface area contributed by atoms with Crippen molar-refractivity contribution in [3.63, 3.8) is 0 Å². The fourth-order valence-corrected chi connectivity index (χ4v) is 3.12. The molecule has 0 aromatic heterocycles. The summed E-state index contributed by atoms with van der Waals surface area (Å²) >= 11 is 2.35. The summed E-state index contributed by atoms with van der Waals surface area (Å²) in [5, 5.41) is 0. The first-order chi connectivity index (χ1) is 7.26. The van der Waals surface area contributed by atoms with E-state index >= 15 is 0 Å². The summed E-state index contributed by atoms with van der Waals surface area (Å²) in [5.41, 5.74) is 2.52. The lowest BCUT2D eigenvalue weighted by Crippen LogP contribution is -2.00. The first-order valence-electron chi connectivity index (χ1n) is 5.25. The first kappa shape index (κ1) is 13.2. The second-order valence-electron chi connectivity index (χ2n) is 3.59. The van der Waals surface area contributed by atoms with Gasteiger partial charge in [0.15, 0.2) is 0 Å². The topological polar surface area (TPSA) is 17.1 Å². The van der Waals surface area contributed by atoms with Crippen molar-refractivity contribution < 1.29 is 4.21 Å². The molecule has 0 aliphatic rings. The SMILES string of the molecule is CCCCS(=O)Cc1ccc(CI)cc1. The number of benzene rings is 1. The molecule has 1 aromatic rings. The van der Waals surface area contributed by atoms with E-state index in [0.29, 0.717) is 5.75 Å². The molecule has 3 heteroatoms. The molecular weight excluding hydrogens is 319 g/mol. The van der Waals surface area contributed by atoms with Crippen molar-refractivity contribution in [2.45, 2.75) is 29.9 Å². The van der Waals surface area contributed by atoms with Gasteiger partial charge in [0.05, 0.1) is 0 Å². The molecule has 0 bridgehead atoms. The van der Waals surface area contributed by atoms with Gasteiger partial charge in [-0.05, 0) is 17.5 Å². The Labute approximate surface area is 108 Å². The zero-order valence-electron chi connectivity index (χ0n) is 9.04. The molecule has 0 aliphatic carbocycles. The fourth-order valence-electron chi connectivity index (χ4n) is 1.29. The largest absolute Gasteiger partial charge is 0.259 e. The number of halogens is 1. The van der Waals surface area contributed by atoms with Crippen LogP contribution in [0.2, 0.25) is 0 Å². The van der Waals surface area contributed by atoms with Gasteiger partial charge in [0.1, 0.15) is 0 Å². The maximum absolute atomic E-state index is 11.6. The summed E-state index contributed by atoms with van der Waals surface area (Å²) in [5.74, 6) is 1.55. The van der Waals surface area contributed by atoms with E-state index in [9.17, 15) is 4.21 Å². The minimum Gasteiger partial charge on any atom is -0.259 e. The van der Waals surface area contributed by atoms with Crippen LogP contribution in [0.5, 0.6) is 0 Å². The lowest BCUT2D eigenvalue weighted by molar-refractivity contribution is 0.679. The van der Waals surface area contributed by atoms with Crippen molar-refractivity contribution in [3.8, 4) is 0 Å². The van der Waals surface area contributed by atoms with Crippen LogP contribution < -0.4 is 0 Å². The van der Waals surface area contributed by atoms with E-state index in [0.717, 1.165) is 23.0 Å². The van der Waals surface area contributed by atoms with Crippen molar-refractivity contribution >= 4 is 33.4 Å². The zero-order valence-corrected chi connectivity index (χ0v) is 12.0. The quantitative estimate of drug-likeness (QED) is 0.572. The van der Waals surface area contributed by atoms with Crippen molar-refractivity contribution in [2.75, 3.05) is 5.75 Å². The third kappa shape index (κ3) is 5.11. The van der Waals surface area contributed by atoms with E-state index in [1.807, 2.05) is 0 Å². The van der Waals surface area contributed by atoms with E-state index in [1.54, 1.807) is 0 Å². The number of alkyl halides is 1. The Bertz CT molecular complexity index is 308. The minimum atomic E-state index is -0.681. The zero-order chi connectivity index (χ0) is 11.1. The molecule has 1 rings (SSSR count). The molecule has 1 atom stereocenters. The van der Waals surface area contributed by atoms with Gasteiger partial charge in [0.25, 0.3) is 0 Å². The van der Waals surface area contributed by atoms with Crippen molar-refractivity contribution in [2.24, 2.45) is 0 Å². The lowest BCUT2D eigenvalue weighted by Gasteiger charge is -2.02. The van der Waals surface area contributed by atoms with Crippen molar-refractivity contribution in [1.29, 1.82) is 0 Å². The number of hydrogen-bond acceptors (Lipinski definition) is 1. The maximum atomic E-state index is 11.6. The molecule has 0 saturated heterocycles. The molecular formula is C12H17IOS. The Balaban J connectivity index is 2.46. The Hall–Kier alpha value is 0.1000. The van der Waals surface area contributed by atoms with Crippen LogP contribution in [0.25, 0.3) is 0 Å². The normalized spacial score (nSPS) is 12.7. The molecule has 0 heterocycles. The van der Waals surface area contributed by atoms with Gasteiger partial charge < -0.3 is 0 Å². The molecule has 0 aliphatic heterocycles. The number of unbranched alkanes of at least 4 members (excludes halogenated alkanes) is 1. The van der Waals surface area contributed by atoms with Crippen LogP contribution in [0.3, 0.4) is 0 Å². The molecule has 1 aromatic carbocycles. The van der Waals surface area contributed by atoms with E-state index < -0.39 is 10.8 Å². The van der Waals surface area contributed by atoms with Gasteiger partial charge in [-0.2, -0.15) is 0 Å². The van der Waals surface area contributed by atoms with Crippen LogP contribution in [0.4, 0.5) is 0 Å². The average molecular weight is 336 g/mol. The molecule has 1 nitrogen and oxygen atoms in total. The third-order valence-corrected chi connectivity index (χ3v) is 4.51. The fraction of sp³-hybridized carbons (Fsp3) is 0.500. The van der Waals surface area contributed by atoms with Crippen LogP contribution in [-0.4, -0.2) is 9.96 Å². The lowest BCUT2D eigenvalue weighted by atomic mass is 10.2. The van der Waals surface area contributed by atoms with Crippen LogP contribution >= 0.6 is 22.6 Å². The monoisotopic (exact) mass is 336 g/mol. The molecule has 0 fully saturated rings. The molecule has 0 saturated carbocycles. The highest BCUT2D eigenvalue weighted by Crippen LogP contribution is 2.10. The minimum absolute atomic E-state index is 0.681. The van der Waals surface area contributed by atoms with Gasteiger partial charge in [0.2, 0.25) is 0 Å². The van der Waals surface area contributed by atoms with Crippen molar-refractivity contribution in [1.82, 2.24) is 0 Å². The van der Waals surface area contributed by atoms with Crippen LogP contribution in [0.15, 0.2) is 24.3 Å². The Morgan fingerprint density at radius 1 is 1.20 bits per heavy atom.